The number of aromatic nitrogens is 4. The molecule has 2 aromatic heterocycles. The molecule has 0 aliphatic carbocycles. The average molecular weight is 258 g/mol. The Bertz CT molecular complexity index is 748. The topological polar surface area (TPSA) is 60.7 Å². The van der Waals surface area contributed by atoms with Gasteiger partial charge in [0, 0.05) is 11.5 Å². The van der Waals surface area contributed by atoms with Gasteiger partial charge in [-0.05, 0) is 12.5 Å². The molecule has 6 heteroatoms. The molecule has 0 spiro atoms. The maximum atomic E-state index is 12.2. The van der Waals surface area contributed by atoms with Crippen molar-refractivity contribution in [2.45, 2.75) is 13.5 Å². The highest BCUT2D eigenvalue weighted by atomic mass is 32.1. The van der Waals surface area contributed by atoms with E-state index in [9.17, 15) is 4.79 Å². The van der Waals surface area contributed by atoms with Crippen molar-refractivity contribution in [1.29, 1.82) is 0 Å². The summed E-state index contributed by atoms with van der Waals surface area (Å²) in [4.78, 5) is 17.2. The zero-order chi connectivity index (χ0) is 12.5. The number of hydrogen-bond acceptors (Lipinski definition) is 5. The lowest BCUT2D eigenvalue weighted by Gasteiger charge is -2.08. The molecule has 0 amide bonds. The number of aryl methyl sites for hydroxylation is 1. The van der Waals surface area contributed by atoms with Gasteiger partial charge < -0.3 is 0 Å². The molecule has 0 N–H and O–H groups in total. The van der Waals surface area contributed by atoms with Gasteiger partial charge in [0.05, 0.1) is 6.54 Å². The van der Waals surface area contributed by atoms with Gasteiger partial charge in [0.1, 0.15) is 5.82 Å². The molecule has 3 rings (SSSR count). The van der Waals surface area contributed by atoms with Crippen molar-refractivity contribution >= 4 is 21.9 Å². The molecule has 0 aliphatic rings. The Morgan fingerprint density at radius 2 is 2.06 bits per heavy atom. The van der Waals surface area contributed by atoms with Gasteiger partial charge in [-0.1, -0.05) is 34.8 Å². The van der Waals surface area contributed by atoms with E-state index >= 15 is 0 Å². The Balaban J connectivity index is 2.14. The Hall–Kier alpha value is -2.08. The molecule has 0 bridgehead atoms. The van der Waals surface area contributed by atoms with Gasteiger partial charge in [-0.3, -0.25) is 9.36 Å². The Morgan fingerprint density at radius 1 is 1.28 bits per heavy atom. The lowest BCUT2D eigenvalue weighted by Crippen LogP contribution is -2.24. The van der Waals surface area contributed by atoms with E-state index in [1.807, 2.05) is 37.3 Å². The van der Waals surface area contributed by atoms with Gasteiger partial charge in [-0.15, -0.1) is 5.10 Å². The first-order chi connectivity index (χ1) is 8.75. The molecular weight excluding hydrogens is 248 g/mol. The predicted molar refractivity (Wildman–Crippen MR) is 69.8 cm³/mol. The lowest BCUT2D eigenvalue weighted by atomic mass is 10.2. The van der Waals surface area contributed by atoms with Crippen LogP contribution in [0, 0.1) is 6.92 Å². The van der Waals surface area contributed by atoms with Crippen LogP contribution in [0.25, 0.3) is 10.3 Å². The zero-order valence-corrected chi connectivity index (χ0v) is 10.5. The third-order valence-electron chi connectivity index (χ3n) is 2.76. The quantitative estimate of drug-likeness (QED) is 0.700. The summed E-state index contributed by atoms with van der Waals surface area (Å²) in [6.45, 7) is 2.33. The Kier molecular flexibility index (Phi) is 2.64. The normalized spacial score (nSPS) is 10.9. The summed E-state index contributed by atoms with van der Waals surface area (Å²) >= 11 is 1.15. The van der Waals surface area contributed by atoms with E-state index in [4.69, 9.17) is 0 Å². The molecule has 90 valence electrons. The first kappa shape index (κ1) is 11.0. The van der Waals surface area contributed by atoms with Gasteiger partial charge in [-0.25, -0.2) is 4.98 Å². The van der Waals surface area contributed by atoms with Gasteiger partial charge in [-0.2, -0.15) is 0 Å². The summed E-state index contributed by atoms with van der Waals surface area (Å²) in [5.41, 5.74) is 1.28. The van der Waals surface area contributed by atoms with Crippen LogP contribution in [-0.2, 0) is 6.54 Å². The molecule has 0 radical (unpaired) electrons. The van der Waals surface area contributed by atoms with E-state index in [0.717, 1.165) is 17.1 Å². The standard InChI is InChI=1S/C12H10N4OS/c1-8-13-11-10(14-15-18-11)12(17)16(8)7-9-5-3-2-4-6-9/h2-6H,7H2,1H3. The smallest absolute Gasteiger partial charge is 0.283 e. The van der Waals surface area contributed by atoms with Crippen LogP contribution in [0.3, 0.4) is 0 Å². The third-order valence-corrected chi connectivity index (χ3v) is 3.38. The van der Waals surface area contributed by atoms with E-state index in [1.54, 1.807) is 4.57 Å². The lowest BCUT2D eigenvalue weighted by molar-refractivity contribution is 0.711. The fourth-order valence-electron chi connectivity index (χ4n) is 1.83. The summed E-state index contributed by atoms with van der Waals surface area (Å²) in [5.74, 6) is 0.683. The number of nitrogens with zero attached hydrogens (tertiary/aromatic N) is 4. The maximum absolute atomic E-state index is 12.2. The molecule has 0 atom stereocenters. The minimum Gasteiger partial charge on any atom is -0.290 e. The van der Waals surface area contributed by atoms with Crippen molar-refractivity contribution in [3.8, 4) is 0 Å². The van der Waals surface area contributed by atoms with Crippen LogP contribution in [0.5, 0.6) is 0 Å². The monoisotopic (exact) mass is 258 g/mol. The van der Waals surface area contributed by atoms with E-state index < -0.39 is 0 Å². The highest BCUT2D eigenvalue weighted by Crippen LogP contribution is 2.10. The van der Waals surface area contributed by atoms with Crippen LogP contribution in [0.4, 0.5) is 0 Å². The second kappa shape index (κ2) is 4.30. The first-order valence-electron chi connectivity index (χ1n) is 5.49. The summed E-state index contributed by atoms with van der Waals surface area (Å²) in [7, 11) is 0. The SMILES string of the molecule is Cc1nc2snnc2c(=O)n1Cc1ccccc1. The number of benzene rings is 1. The summed E-state index contributed by atoms with van der Waals surface area (Å²) in [6, 6.07) is 9.81. The minimum atomic E-state index is -0.130. The van der Waals surface area contributed by atoms with Crippen molar-refractivity contribution < 1.29 is 0 Å². The average Bonchev–Trinajstić information content (AvgIpc) is 2.84. The Labute approximate surface area is 107 Å². The Morgan fingerprint density at radius 3 is 2.83 bits per heavy atom. The van der Waals surface area contributed by atoms with Crippen molar-refractivity contribution in [3.63, 3.8) is 0 Å². The molecule has 0 unspecified atom stereocenters. The largest absolute Gasteiger partial charge is 0.290 e. The zero-order valence-electron chi connectivity index (χ0n) is 9.70. The summed E-state index contributed by atoms with van der Waals surface area (Å²) in [6.07, 6.45) is 0. The van der Waals surface area contributed by atoms with E-state index in [-0.39, 0.29) is 5.56 Å². The van der Waals surface area contributed by atoms with Crippen LogP contribution in [-0.4, -0.2) is 19.1 Å². The van der Waals surface area contributed by atoms with Crippen LogP contribution >= 0.6 is 11.5 Å². The molecule has 0 fully saturated rings. The fraction of sp³-hybridized carbons (Fsp3) is 0.167. The van der Waals surface area contributed by atoms with Gasteiger partial charge in [0.2, 0.25) is 0 Å². The fourth-order valence-corrected chi connectivity index (χ4v) is 2.42. The summed E-state index contributed by atoms with van der Waals surface area (Å²) < 4.78 is 5.39. The second-order valence-electron chi connectivity index (χ2n) is 3.96. The van der Waals surface area contributed by atoms with Crippen LogP contribution in [0.2, 0.25) is 0 Å². The molecule has 3 aromatic rings. The van der Waals surface area contributed by atoms with Gasteiger partial charge >= 0.3 is 0 Å². The predicted octanol–water partition coefficient (Wildman–Crippen LogP) is 1.60. The number of hydrogen-bond donors (Lipinski definition) is 0. The van der Waals surface area contributed by atoms with Gasteiger partial charge in [0.25, 0.3) is 5.56 Å². The molecule has 0 saturated heterocycles. The van der Waals surface area contributed by atoms with Crippen molar-refractivity contribution in [2.75, 3.05) is 0 Å². The van der Waals surface area contributed by atoms with Crippen LogP contribution < -0.4 is 5.56 Å². The molecule has 18 heavy (non-hydrogen) atoms. The minimum absolute atomic E-state index is 0.130. The van der Waals surface area contributed by atoms with E-state index in [1.165, 1.54) is 0 Å². The summed E-state index contributed by atoms with van der Waals surface area (Å²) in [5, 5.41) is 3.83. The number of rotatable bonds is 2. The van der Waals surface area contributed by atoms with Crippen molar-refractivity contribution in [1.82, 2.24) is 19.1 Å². The van der Waals surface area contributed by atoms with Crippen molar-refractivity contribution in [2.24, 2.45) is 0 Å². The number of fused-ring (bicyclic) bond motifs is 1. The van der Waals surface area contributed by atoms with E-state index in [2.05, 4.69) is 14.6 Å². The third kappa shape index (κ3) is 1.80. The molecule has 5 nitrogen and oxygen atoms in total. The molecule has 0 aliphatic heterocycles. The van der Waals surface area contributed by atoms with Crippen LogP contribution in [0.15, 0.2) is 35.1 Å². The maximum Gasteiger partial charge on any atom is 0.283 e. The molecule has 2 heterocycles. The highest BCUT2D eigenvalue weighted by Gasteiger charge is 2.11. The van der Waals surface area contributed by atoms with E-state index in [0.29, 0.717) is 22.7 Å². The second-order valence-corrected chi connectivity index (χ2v) is 4.70. The van der Waals surface area contributed by atoms with Gasteiger partial charge in [0.15, 0.2) is 10.3 Å². The highest BCUT2D eigenvalue weighted by molar-refractivity contribution is 7.12. The first-order valence-corrected chi connectivity index (χ1v) is 6.26. The molecular formula is C12H10N4OS. The van der Waals surface area contributed by atoms with Crippen molar-refractivity contribution in [3.05, 3.63) is 52.1 Å². The van der Waals surface area contributed by atoms with Crippen LogP contribution in [0.1, 0.15) is 11.4 Å². The molecule has 1 aromatic carbocycles. The molecule has 0 saturated carbocycles.